The number of carboxylic acid groups (broad SMARTS) is 2. The minimum absolute atomic E-state index is 0.0888. The lowest BCUT2D eigenvalue weighted by molar-refractivity contribution is -0.142. The Labute approximate surface area is 135 Å². The Morgan fingerprint density at radius 2 is 1.86 bits per heavy atom. The lowest BCUT2D eigenvalue weighted by atomic mass is 10.1. The van der Waals surface area contributed by atoms with Crippen LogP contribution >= 0.6 is 28.7 Å². The van der Waals surface area contributed by atoms with Crippen LogP contribution in [-0.4, -0.2) is 44.5 Å². The van der Waals surface area contributed by atoms with E-state index in [1.807, 2.05) is 0 Å². The number of hydrogen-bond acceptors (Lipinski definition) is 6. The molecule has 1 aromatic rings. The molecule has 0 aliphatic carbocycles. The van der Waals surface area contributed by atoms with Gasteiger partial charge in [0.2, 0.25) is 0 Å². The molecule has 0 radical (unpaired) electrons. The van der Waals surface area contributed by atoms with Crippen LogP contribution in [0.5, 0.6) is 0 Å². The maximum Gasteiger partial charge on any atom is 0.321 e. The number of hydrogen-bond donors (Lipinski definition) is 3. The van der Waals surface area contributed by atoms with Crippen LogP contribution in [0, 0.1) is 0 Å². The zero-order valence-electron chi connectivity index (χ0n) is 11.7. The van der Waals surface area contributed by atoms with Crippen LogP contribution < -0.4 is 0 Å². The summed E-state index contributed by atoms with van der Waals surface area (Å²) in [4.78, 5) is 22.5. The average molecular weight is 365 g/mol. The van der Waals surface area contributed by atoms with Crippen LogP contribution in [0.3, 0.4) is 0 Å². The first-order chi connectivity index (χ1) is 10.3. The molecule has 0 saturated heterocycles. The Morgan fingerprint density at radius 3 is 2.32 bits per heavy atom. The first kappa shape index (κ1) is 19.1. The van der Waals surface area contributed by atoms with E-state index in [0.29, 0.717) is 4.90 Å². The van der Waals surface area contributed by atoms with E-state index in [1.165, 1.54) is 7.05 Å². The van der Waals surface area contributed by atoms with Crippen LogP contribution in [0.2, 0.25) is 0 Å². The van der Waals surface area contributed by atoms with E-state index in [9.17, 15) is 23.8 Å². The normalized spacial score (nSPS) is 15.2. The van der Waals surface area contributed by atoms with Crippen LogP contribution in [0.4, 0.5) is 0 Å². The van der Waals surface area contributed by atoms with E-state index < -0.39 is 23.7 Å². The van der Waals surface area contributed by atoms with Gasteiger partial charge >= 0.3 is 11.9 Å². The van der Waals surface area contributed by atoms with Crippen molar-refractivity contribution in [3.63, 3.8) is 0 Å². The van der Waals surface area contributed by atoms with Gasteiger partial charge in [-0.05, 0) is 37.0 Å². The fraction of sp³-hybridized carbons (Fsp3) is 0.333. The van der Waals surface area contributed by atoms with E-state index in [4.69, 9.17) is 5.11 Å². The van der Waals surface area contributed by atoms with E-state index >= 15 is 0 Å². The maximum absolute atomic E-state index is 12.8. The summed E-state index contributed by atoms with van der Waals surface area (Å²) in [5.74, 6) is -2.42. The molecule has 22 heavy (non-hydrogen) atoms. The zero-order chi connectivity index (χ0) is 16.8. The van der Waals surface area contributed by atoms with Gasteiger partial charge in [-0.25, -0.2) is 4.67 Å². The summed E-state index contributed by atoms with van der Waals surface area (Å²) >= 11 is 0.952. The van der Waals surface area contributed by atoms with Gasteiger partial charge in [-0.3, -0.25) is 14.2 Å². The number of benzene rings is 1. The van der Waals surface area contributed by atoms with Crippen molar-refractivity contribution in [3.05, 3.63) is 30.3 Å². The van der Waals surface area contributed by atoms with Gasteiger partial charge in [0.15, 0.2) is 0 Å². The van der Waals surface area contributed by atoms with Crippen LogP contribution in [-0.2, 0) is 14.2 Å². The summed E-state index contributed by atoms with van der Waals surface area (Å²) in [7, 11) is 1.31. The molecule has 122 valence electrons. The molecule has 0 amide bonds. The zero-order valence-corrected chi connectivity index (χ0v) is 14.2. The molecule has 0 fully saturated rings. The summed E-state index contributed by atoms with van der Waals surface area (Å²) in [6, 6.07) is 7.35. The number of likely N-dealkylation sites (N-methyl/N-ethyl adjacent to an activating group) is 1. The monoisotopic (exact) mass is 365 g/mol. The van der Waals surface area contributed by atoms with Crippen LogP contribution in [0.15, 0.2) is 35.2 Å². The third kappa shape index (κ3) is 5.33. The highest BCUT2D eigenvalue weighted by Gasteiger charge is 2.38. The van der Waals surface area contributed by atoms with Gasteiger partial charge < -0.3 is 14.8 Å². The molecule has 1 rings (SSSR count). The standard InChI is InChI=1S/C12H16NO6PS2/c1-13(10(12(16)17)7-8-11(14)15)20(18,22-19)21-9-5-3-2-4-6-9/h2-6,10,19H,7-8H2,1H3,(H,14,15)(H,16,17). The molecule has 0 bridgehead atoms. The third-order valence-electron chi connectivity index (χ3n) is 2.82. The van der Waals surface area contributed by atoms with Crippen molar-refractivity contribution >= 4 is 40.7 Å². The number of carbonyl (C=O) groups is 2. The molecule has 3 N–H and O–H groups in total. The minimum atomic E-state index is -3.53. The number of rotatable bonds is 9. The van der Waals surface area contributed by atoms with E-state index in [2.05, 4.69) is 0 Å². The van der Waals surface area contributed by atoms with Crippen molar-refractivity contribution in [3.8, 4) is 0 Å². The van der Waals surface area contributed by atoms with Crippen molar-refractivity contribution in [2.75, 3.05) is 7.05 Å². The predicted octanol–water partition coefficient (Wildman–Crippen LogP) is 3.34. The molecule has 2 unspecified atom stereocenters. The van der Waals surface area contributed by atoms with E-state index in [-0.39, 0.29) is 24.5 Å². The van der Waals surface area contributed by atoms with Crippen molar-refractivity contribution in [2.45, 2.75) is 23.8 Å². The van der Waals surface area contributed by atoms with Crippen molar-refractivity contribution in [1.82, 2.24) is 4.67 Å². The number of carboxylic acids is 2. The smallest absolute Gasteiger partial charge is 0.321 e. The second kappa shape index (κ2) is 8.59. The number of nitrogens with zero attached hydrogens (tertiary/aromatic N) is 1. The van der Waals surface area contributed by atoms with Gasteiger partial charge in [-0.1, -0.05) is 18.2 Å². The molecule has 1 aromatic carbocycles. The topological polar surface area (TPSA) is 115 Å². The third-order valence-corrected chi connectivity index (χ3v) is 9.55. The lowest BCUT2D eigenvalue weighted by Crippen LogP contribution is -2.35. The Bertz CT molecular complexity index is 570. The molecule has 10 heteroatoms. The molecular formula is C12H16NO6PS2. The first-order valence-corrected chi connectivity index (χ1v) is 10.6. The van der Waals surface area contributed by atoms with Crippen molar-refractivity contribution in [1.29, 1.82) is 0 Å². The van der Waals surface area contributed by atoms with Gasteiger partial charge in [-0.15, -0.1) is 0 Å². The van der Waals surface area contributed by atoms with Gasteiger partial charge in [0.25, 0.3) is 5.70 Å². The highest BCUT2D eigenvalue weighted by Crippen LogP contribution is 2.72. The summed E-state index contributed by atoms with van der Waals surface area (Å²) in [5.41, 5.74) is -3.53. The second-order valence-corrected chi connectivity index (χ2v) is 11.4. The fourth-order valence-corrected chi connectivity index (χ4v) is 6.79. The van der Waals surface area contributed by atoms with Crippen LogP contribution in [0.1, 0.15) is 12.8 Å². The van der Waals surface area contributed by atoms with Gasteiger partial charge in [0.1, 0.15) is 6.04 Å². The van der Waals surface area contributed by atoms with Crippen LogP contribution in [0.25, 0.3) is 0 Å². The Kier molecular flexibility index (Phi) is 7.44. The average Bonchev–Trinajstić information content (AvgIpc) is 2.47. The van der Waals surface area contributed by atoms with Gasteiger partial charge in [0, 0.05) is 11.3 Å². The molecule has 7 nitrogen and oxygen atoms in total. The molecule has 0 aliphatic rings. The summed E-state index contributed by atoms with van der Waals surface area (Å²) < 4.78 is 23.3. The van der Waals surface area contributed by atoms with Gasteiger partial charge in [0.05, 0.1) is 11.7 Å². The number of aliphatic carboxylic acids is 2. The van der Waals surface area contributed by atoms with E-state index in [1.54, 1.807) is 30.3 Å². The molecular weight excluding hydrogens is 349 g/mol. The predicted molar refractivity (Wildman–Crippen MR) is 86.2 cm³/mol. The molecule has 0 heterocycles. The molecule has 0 aliphatic heterocycles. The lowest BCUT2D eigenvalue weighted by Gasteiger charge is -2.29. The first-order valence-electron chi connectivity index (χ1n) is 6.16. The quantitative estimate of drug-likeness (QED) is 0.447. The van der Waals surface area contributed by atoms with Crippen molar-refractivity contribution in [2.24, 2.45) is 0 Å². The second-order valence-electron chi connectivity index (χ2n) is 4.31. The molecule has 0 aromatic heterocycles. The highest BCUT2D eigenvalue weighted by molar-refractivity contribution is 8.88. The Balaban J connectivity index is 2.96. The summed E-state index contributed by atoms with van der Waals surface area (Å²) in [5, 5.41) is 17.9. The summed E-state index contributed by atoms with van der Waals surface area (Å²) in [6.45, 7) is 0. The Hall–Kier alpha value is -0.990. The van der Waals surface area contributed by atoms with Crippen molar-refractivity contribution < 1.29 is 28.9 Å². The molecule has 0 spiro atoms. The molecule has 0 saturated carbocycles. The Morgan fingerprint density at radius 1 is 1.27 bits per heavy atom. The largest absolute Gasteiger partial charge is 0.481 e. The fourth-order valence-electron chi connectivity index (χ4n) is 1.65. The van der Waals surface area contributed by atoms with Gasteiger partial charge in [-0.2, -0.15) is 0 Å². The van der Waals surface area contributed by atoms with E-state index in [0.717, 1.165) is 16.1 Å². The SMILES string of the molecule is CN(C(CCC(=O)O)C(=O)O)P(=O)(SO)Sc1ccccc1. The highest BCUT2D eigenvalue weighted by atomic mass is 33.1. The molecule has 2 atom stereocenters. The summed E-state index contributed by atoms with van der Waals surface area (Å²) in [6.07, 6.45) is -0.575. The minimum Gasteiger partial charge on any atom is -0.481 e. The maximum atomic E-state index is 12.8.